The van der Waals surface area contributed by atoms with Crippen LogP contribution in [-0.2, 0) is 11.2 Å². The van der Waals surface area contributed by atoms with Gasteiger partial charge in [0.15, 0.2) is 0 Å². The zero-order valence-corrected chi connectivity index (χ0v) is 17.4. The van der Waals surface area contributed by atoms with Crippen molar-refractivity contribution in [2.24, 2.45) is 0 Å². The van der Waals surface area contributed by atoms with Crippen LogP contribution in [0, 0.1) is 12.7 Å². The summed E-state index contributed by atoms with van der Waals surface area (Å²) in [5.41, 5.74) is 1.85. The minimum absolute atomic E-state index is 0.0129. The zero-order chi connectivity index (χ0) is 21.5. The fraction of sp³-hybridized carbons (Fsp3) is 0.261. The van der Waals surface area contributed by atoms with Crippen molar-refractivity contribution in [1.29, 1.82) is 0 Å². The monoisotopic (exact) mass is 407 g/mol. The fourth-order valence-electron chi connectivity index (χ4n) is 3.13. The number of amides is 1. The Bertz CT molecular complexity index is 1000. The molecule has 0 fully saturated rings. The van der Waals surface area contributed by atoms with E-state index in [1.165, 1.54) is 6.07 Å². The van der Waals surface area contributed by atoms with E-state index in [9.17, 15) is 9.18 Å². The van der Waals surface area contributed by atoms with Crippen molar-refractivity contribution in [2.75, 3.05) is 28.6 Å². The van der Waals surface area contributed by atoms with Gasteiger partial charge >= 0.3 is 0 Å². The van der Waals surface area contributed by atoms with Gasteiger partial charge in [-0.1, -0.05) is 18.2 Å². The van der Waals surface area contributed by atoms with Gasteiger partial charge in [-0.3, -0.25) is 4.79 Å². The third kappa shape index (κ3) is 5.53. The maximum atomic E-state index is 13.7. The van der Waals surface area contributed by atoms with Gasteiger partial charge in [0.05, 0.1) is 6.42 Å². The average Bonchev–Trinajstić information content (AvgIpc) is 2.72. The standard InChI is InChI=1S/C23H26FN5O/c1-4-29(5-2)22-15-21(25-16(3)26-22)27-18-10-12-19(13-11-18)28-23(30)14-17-8-6-7-9-20(17)24/h6-13,15H,4-5,14H2,1-3H3,(H,28,30)(H,25,26,27). The van der Waals surface area contributed by atoms with Crippen LogP contribution in [0.4, 0.5) is 27.4 Å². The normalized spacial score (nSPS) is 10.5. The molecule has 7 heteroatoms. The molecule has 0 aliphatic heterocycles. The third-order valence-corrected chi connectivity index (χ3v) is 4.66. The smallest absolute Gasteiger partial charge is 0.228 e. The van der Waals surface area contributed by atoms with Crippen molar-refractivity contribution >= 4 is 28.9 Å². The summed E-state index contributed by atoms with van der Waals surface area (Å²) in [7, 11) is 0. The molecule has 0 unspecified atom stereocenters. The highest BCUT2D eigenvalue weighted by Crippen LogP contribution is 2.21. The van der Waals surface area contributed by atoms with Crippen LogP contribution in [0.15, 0.2) is 54.6 Å². The summed E-state index contributed by atoms with van der Waals surface area (Å²) in [6, 6.07) is 15.5. The van der Waals surface area contributed by atoms with Gasteiger partial charge in [0.1, 0.15) is 23.3 Å². The molecule has 0 aliphatic carbocycles. The molecule has 0 spiro atoms. The number of benzene rings is 2. The minimum atomic E-state index is -0.378. The summed E-state index contributed by atoms with van der Waals surface area (Å²) in [6.07, 6.45) is -0.0129. The van der Waals surface area contributed by atoms with Crippen molar-refractivity contribution in [2.45, 2.75) is 27.2 Å². The van der Waals surface area contributed by atoms with Crippen molar-refractivity contribution in [3.8, 4) is 0 Å². The lowest BCUT2D eigenvalue weighted by Crippen LogP contribution is -2.23. The van der Waals surface area contributed by atoms with Crippen LogP contribution in [0.1, 0.15) is 25.2 Å². The van der Waals surface area contributed by atoms with Crippen LogP contribution in [0.25, 0.3) is 0 Å². The van der Waals surface area contributed by atoms with Gasteiger partial charge in [-0.15, -0.1) is 0 Å². The lowest BCUT2D eigenvalue weighted by Gasteiger charge is -2.20. The Labute approximate surface area is 176 Å². The van der Waals surface area contributed by atoms with Gasteiger partial charge in [-0.25, -0.2) is 14.4 Å². The molecule has 3 aromatic rings. The molecule has 0 aliphatic rings. The second-order valence-electron chi connectivity index (χ2n) is 6.85. The first-order valence-corrected chi connectivity index (χ1v) is 9.99. The quantitative estimate of drug-likeness (QED) is 0.567. The molecular weight excluding hydrogens is 381 g/mol. The maximum absolute atomic E-state index is 13.7. The molecule has 0 radical (unpaired) electrons. The van der Waals surface area contributed by atoms with Gasteiger partial charge in [0.25, 0.3) is 0 Å². The molecule has 2 aromatic carbocycles. The highest BCUT2D eigenvalue weighted by Gasteiger charge is 2.09. The van der Waals surface area contributed by atoms with E-state index in [2.05, 4.69) is 39.3 Å². The summed E-state index contributed by atoms with van der Waals surface area (Å²) in [5.74, 6) is 1.64. The minimum Gasteiger partial charge on any atom is -0.357 e. The van der Waals surface area contributed by atoms with E-state index in [1.54, 1.807) is 30.3 Å². The van der Waals surface area contributed by atoms with Crippen molar-refractivity contribution in [3.05, 3.63) is 71.8 Å². The number of anilines is 4. The molecule has 0 bridgehead atoms. The molecule has 0 saturated carbocycles. The number of aryl methyl sites for hydroxylation is 1. The number of carbonyl (C=O) groups is 1. The number of halogens is 1. The van der Waals surface area contributed by atoms with Crippen LogP contribution in [-0.4, -0.2) is 29.0 Å². The SMILES string of the molecule is CCN(CC)c1cc(Nc2ccc(NC(=O)Cc3ccccc3F)cc2)nc(C)n1. The van der Waals surface area contributed by atoms with Crippen LogP contribution in [0.3, 0.4) is 0 Å². The first-order valence-electron chi connectivity index (χ1n) is 9.99. The Kier molecular flexibility index (Phi) is 6.95. The summed E-state index contributed by atoms with van der Waals surface area (Å²) in [5, 5.41) is 6.07. The number of carbonyl (C=O) groups excluding carboxylic acids is 1. The molecule has 0 saturated heterocycles. The number of aromatic nitrogens is 2. The lowest BCUT2D eigenvalue weighted by molar-refractivity contribution is -0.115. The van der Waals surface area contributed by atoms with E-state index in [0.717, 1.165) is 24.6 Å². The largest absolute Gasteiger partial charge is 0.357 e. The van der Waals surface area contributed by atoms with Crippen molar-refractivity contribution in [1.82, 2.24) is 9.97 Å². The van der Waals surface area contributed by atoms with Gasteiger partial charge < -0.3 is 15.5 Å². The molecule has 1 heterocycles. The fourth-order valence-corrected chi connectivity index (χ4v) is 3.13. The molecule has 2 N–H and O–H groups in total. The molecule has 1 amide bonds. The summed E-state index contributed by atoms with van der Waals surface area (Å²) < 4.78 is 13.7. The summed E-state index contributed by atoms with van der Waals surface area (Å²) >= 11 is 0. The van der Waals surface area contributed by atoms with Gasteiger partial charge in [0, 0.05) is 30.5 Å². The first kappa shape index (κ1) is 21.2. The maximum Gasteiger partial charge on any atom is 0.228 e. The Balaban J connectivity index is 1.65. The van der Waals surface area contributed by atoms with E-state index in [4.69, 9.17) is 0 Å². The molecule has 0 atom stereocenters. The Hall–Kier alpha value is -3.48. The number of hydrogen-bond acceptors (Lipinski definition) is 5. The van der Waals surface area contributed by atoms with E-state index in [1.807, 2.05) is 25.1 Å². The highest BCUT2D eigenvalue weighted by atomic mass is 19.1. The second kappa shape index (κ2) is 9.82. The van der Waals surface area contributed by atoms with E-state index in [0.29, 0.717) is 22.9 Å². The molecule has 1 aromatic heterocycles. The molecule has 3 rings (SSSR count). The number of nitrogens with one attached hydrogen (secondary N) is 2. The Morgan fingerprint density at radius 3 is 2.33 bits per heavy atom. The topological polar surface area (TPSA) is 70.2 Å². The third-order valence-electron chi connectivity index (χ3n) is 4.66. The van der Waals surface area contributed by atoms with Crippen LogP contribution >= 0.6 is 0 Å². The van der Waals surface area contributed by atoms with E-state index >= 15 is 0 Å². The predicted molar refractivity (Wildman–Crippen MR) is 119 cm³/mol. The van der Waals surface area contributed by atoms with E-state index < -0.39 is 0 Å². The van der Waals surface area contributed by atoms with Crippen molar-refractivity contribution < 1.29 is 9.18 Å². The van der Waals surface area contributed by atoms with Crippen molar-refractivity contribution in [3.63, 3.8) is 0 Å². The second-order valence-corrected chi connectivity index (χ2v) is 6.85. The average molecular weight is 407 g/mol. The molecule has 156 valence electrons. The molecule has 30 heavy (non-hydrogen) atoms. The zero-order valence-electron chi connectivity index (χ0n) is 17.4. The van der Waals surface area contributed by atoms with Gasteiger partial charge in [-0.2, -0.15) is 0 Å². The highest BCUT2D eigenvalue weighted by molar-refractivity contribution is 5.92. The Morgan fingerprint density at radius 2 is 1.67 bits per heavy atom. The van der Waals surface area contributed by atoms with Gasteiger partial charge in [-0.05, 0) is 56.7 Å². The predicted octanol–water partition coefficient (Wildman–Crippen LogP) is 4.70. The summed E-state index contributed by atoms with van der Waals surface area (Å²) in [6.45, 7) is 7.79. The number of nitrogens with zero attached hydrogens (tertiary/aromatic N) is 3. The lowest BCUT2D eigenvalue weighted by atomic mass is 10.1. The van der Waals surface area contributed by atoms with Gasteiger partial charge in [0.2, 0.25) is 5.91 Å². The molecule has 6 nitrogen and oxygen atoms in total. The first-order chi connectivity index (χ1) is 14.5. The summed E-state index contributed by atoms with van der Waals surface area (Å²) in [4.78, 5) is 23.3. The van der Waals surface area contributed by atoms with Crippen LogP contribution < -0.4 is 15.5 Å². The number of rotatable bonds is 8. The van der Waals surface area contributed by atoms with E-state index in [-0.39, 0.29) is 18.1 Å². The van der Waals surface area contributed by atoms with Crippen LogP contribution in [0.2, 0.25) is 0 Å². The number of hydrogen-bond donors (Lipinski definition) is 2. The Morgan fingerprint density at radius 1 is 1.00 bits per heavy atom. The van der Waals surface area contributed by atoms with Crippen LogP contribution in [0.5, 0.6) is 0 Å². The molecular formula is C23H26FN5O.